The number of aryl methyl sites for hydroxylation is 1. The van der Waals surface area contributed by atoms with Gasteiger partial charge in [-0.2, -0.15) is 0 Å². The maximum absolute atomic E-state index is 13.5. The van der Waals surface area contributed by atoms with Crippen molar-refractivity contribution in [3.8, 4) is 11.3 Å². The van der Waals surface area contributed by atoms with Gasteiger partial charge in [-0.3, -0.25) is 0 Å². The van der Waals surface area contributed by atoms with Gasteiger partial charge in [0.2, 0.25) is 0 Å². The van der Waals surface area contributed by atoms with Crippen molar-refractivity contribution in [3.63, 3.8) is 0 Å². The molecule has 2 rings (SSSR count). The average molecular weight is 261 g/mol. The number of likely N-dealkylation sites (N-methyl/N-ethyl adjacent to an activating group) is 1. The van der Waals surface area contributed by atoms with Crippen molar-refractivity contribution in [2.45, 2.75) is 33.2 Å². The molecule has 3 heteroatoms. The highest BCUT2D eigenvalue weighted by Gasteiger charge is 2.09. The lowest BCUT2D eigenvalue weighted by Gasteiger charge is -2.09. The van der Waals surface area contributed by atoms with Crippen LogP contribution in [-0.2, 0) is 6.42 Å². The molecule has 19 heavy (non-hydrogen) atoms. The van der Waals surface area contributed by atoms with E-state index < -0.39 is 0 Å². The number of nitrogens with one attached hydrogen (secondary N) is 1. The molecule has 0 saturated heterocycles. The first-order valence-corrected chi connectivity index (χ1v) is 6.68. The minimum Gasteiger partial charge on any atom is -0.461 e. The van der Waals surface area contributed by atoms with Crippen molar-refractivity contribution < 1.29 is 8.81 Å². The highest BCUT2D eigenvalue weighted by molar-refractivity contribution is 5.58. The summed E-state index contributed by atoms with van der Waals surface area (Å²) in [6, 6.07) is 9.41. The molecule has 2 aromatic rings. The molecular formula is C16H20FNO. The molecular weight excluding hydrogens is 241 g/mol. The quantitative estimate of drug-likeness (QED) is 0.882. The average Bonchev–Trinajstić information content (AvgIpc) is 2.81. The van der Waals surface area contributed by atoms with E-state index >= 15 is 0 Å². The van der Waals surface area contributed by atoms with Gasteiger partial charge in [0, 0.05) is 18.0 Å². The lowest BCUT2D eigenvalue weighted by Crippen LogP contribution is -2.27. The van der Waals surface area contributed by atoms with Gasteiger partial charge < -0.3 is 9.73 Å². The first-order chi connectivity index (χ1) is 9.10. The smallest absolute Gasteiger partial charge is 0.134 e. The van der Waals surface area contributed by atoms with Crippen LogP contribution in [0.25, 0.3) is 11.3 Å². The molecule has 1 aromatic heterocycles. The van der Waals surface area contributed by atoms with Crippen molar-refractivity contribution in [3.05, 3.63) is 47.5 Å². The fourth-order valence-electron chi connectivity index (χ4n) is 2.11. The molecule has 0 radical (unpaired) electrons. The van der Waals surface area contributed by atoms with E-state index in [4.69, 9.17) is 4.42 Å². The fraction of sp³-hybridized carbons (Fsp3) is 0.375. The molecule has 0 bridgehead atoms. The lowest BCUT2D eigenvalue weighted by atomic mass is 10.1. The van der Waals surface area contributed by atoms with Crippen molar-refractivity contribution in [1.82, 2.24) is 5.32 Å². The fourth-order valence-corrected chi connectivity index (χ4v) is 2.11. The number of rotatable bonds is 5. The van der Waals surface area contributed by atoms with Gasteiger partial charge in [0.15, 0.2) is 0 Å². The number of halogens is 1. The predicted molar refractivity (Wildman–Crippen MR) is 75.7 cm³/mol. The summed E-state index contributed by atoms with van der Waals surface area (Å²) in [5, 5.41) is 3.34. The summed E-state index contributed by atoms with van der Waals surface area (Å²) in [5.74, 6) is 1.44. The minimum absolute atomic E-state index is 0.198. The number of benzene rings is 1. The minimum atomic E-state index is -0.198. The van der Waals surface area contributed by atoms with E-state index in [-0.39, 0.29) is 5.82 Å². The molecule has 1 unspecified atom stereocenters. The summed E-state index contributed by atoms with van der Waals surface area (Å²) < 4.78 is 19.3. The van der Waals surface area contributed by atoms with Gasteiger partial charge in [0.1, 0.15) is 17.3 Å². The predicted octanol–water partition coefficient (Wildman–Crippen LogP) is 3.93. The van der Waals surface area contributed by atoms with Crippen LogP contribution in [0.4, 0.5) is 4.39 Å². The zero-order chi connectivity index (χ0) is 13.8. The number of hydrogen-bond acceptors (Lipinski definition) is 2. The molecule has 0 aliphatic carbocycles. The summed E-state index contributed by atoms with van der Waals surface area (Å²) in [6.07, 6.45) is 0.835. The molecule has 0 saturated carbocycles. The maximum atomic E-state index is 13.5. The molecule has 0 aliphatic rings. The van der Waals surface area contributed by atoms with Crippen LogP contribution in [0.1, 0.15) is 25.2 Å². The van der Waals surface area contributed by atoms with Crippen LogP contribution in [0, 0.1) is 12.7 Å². The Labute approximate surface area is 113 Å². The second kappa shape index (κ2) is 6.02. The summed E-state index contributed by atoms with van der Waals surface area (Å²) >= 11 is 0. The molecule has 0 aliphatic heterocycles. The zero-order valence-electron chi connectivity index (χ0n) is 11.7. The third-order valence-electron chi connectivity index (χ3n) is 3.18. The molecule has 0 fully saturated rings. The van der Waals surface area contributed by atoms with Crippen LogP contribution in [0.3, 0.4) is 0 Å². The van der Waals surface area contributed by atoms with E-state index in [9.17, 15) is 4.39 Å². The Hall–Kier alpha value is -1.61. The van der Waals surface area contributed by atoms with Crippen molar-refractivity contribution in [2.24, 2.45) is 0 Å². The largest absolute Gasteiger partial charge is 0.461 e. The normalized spacial score (nSPS) is 12.6. The summed E-state index contributed by atoms with van der Waals surface area (Å²) in [5.41, 5.74) is 1.43. The second-order valence-corrected chi connectivity index (χ2v) is 4.89. The van der Waals surface area contributed by atoms with Crippen LogP contribution in [0.2, 0.25) is 0 Å². The zero-order valence-corrected chi connectivity index (χ0v) is 11.7. The van der Waals surface area contributed by atoms with Gasteiger partial charge in [-0.15, -0.1) is 0 Å². The van der Waals surface area contributed by atoms with Crippen molar-refractivity contribution >= 4 is 0 Å². The second-order valence-electron chi connectivity index (χ2n) is 4.89. The Balaban J connectivity index is 2.14. The molecule has 1 aromatic carbocycles. The van der Waals surface area contributed by atoms with Crippen LogP contribution in [-0.4, -0.2) is 12.6 Å². The SMILES string of the molecule is CCNC(C)Cc1ccc(-c2ccc(C)c(F)c2)o1. The Kier molecular flexibility index (Phi) is 4.38. The van der Waals surface area contributed by atoms with Crippen LogP contribution >= 0.6 is 0 Å². The standard InChI is InChI=1S/C16H20FNO/c1-4-18-12(3)9-14-7-8-16(19-14)13-6-5-11(2)15(17)10-13/h5-8,10,12,18H,4,9H2,1-3H3. The van der Waals surface area contributed by atoms with Gasteiger partial charge in [-0.25, -0.2) is 4.39 Å². The lowest BCUT2D eigenvalue weighted by molar-refractivity contribution is 0.470. The van der Waals surface area contributed by atoms with Crippen molar-refractivity contribution in [2.75, 3.05) is 6.54 Å². The Morgan fingerprint density at radius 2 is 2.05 bits per heavy atom. The van der Waals surface area contributed by atoms with E-state index in [0.717, 1.165) is 30.0 Å². The molecule has 1 N–H and O–H groups in total. The van der Waals surface area contributed by atoms with E-state index in [1.165, 1.54) is 6.07 Å². The van der Waals surface area contributed by atoms with Gasteiger partial charge in [-0.05, 0) is 44.2 Å². The van der Waals surface area contributed by atoms with Gasteiger partial charge >= 0.3 is 0 Å². The third kappa shape index (κ3) is 3.44. The van der Waals surface area contributed by atoms with E-state index in [1.54, 1.807) is 13.0 Å². The Morgan fingerprint density at radius 3 is 2.74 bits per heavy atom. The molecule has 0 amide bonds. The topological polar surface area (TPSA) is 25.2 Å². The van der Waals surface area contributed by atoms with Gasteiger partial charge in [-0.1, -0.05) is 19.1 Å². The van der Waals surface area contributed by atoms with Crippen LogP contribution in [0.5, 0.6) is 0 Å². The van der Waals surface area contributed by atoms with E-state index in [2.05, 4.69) is 19.2 Å². The number of furan rings is 1. The first-order valence-electron chi connectivity index (χ1n) is 6.68. The van der Waals surface area contributed by atoms with Gasteiger partial charge in [0.25, 0.3) is 0 Å². The molecule has 1 atom stereocenters. The van der Waals surface area contributed by atoms with Gasteiger partial charge in [0.05, 0.1) is 0 Å². The third-order valence-corrected chi connectivity index (χ3v) is 3.18. The Morgan fingerprint density at radius 1 is 1.26 bits per heavy atom. The summed E-state index contributed by atoms with van der Waals surface area (Å²) in [7, 11) is 0. The highest BCUT2D eigenvalue weighted by Crippen LogP contribution is 2.24. The molecule has 102 valence electrons. The van der Waals surface area contributed by atoms with Crippen LogP contribution < -0.4 is 5.32 Å². The monoisotopic (exact) mass is 261 g/mol. The molecule has 2 nitrogen and oxygen atoms in total. The number of hydrogen-bond donors (Lipinski definition) is 1. The molecule has 1 heterocycles. The van der Waals surface area contributed by atoms with Crippen LogP contribution in [0.15, 0.2) is 34.7 Å². The molecule has 0 spiro atoms. The van der Waals surface area contributed by atoms with E-state index in [1.807, 2.05) is 18.2 Å². The summed E-state index contributed by atoms with van der Waals surface area (Å²) in [4.78, 5) is 0. The maximum Gasteiger partial charge on any atom is 0.134 e. The summed E-state index contributed by atoms with van der Waals surface area (Å²) in [6.45, 7) is 6.90. The first kappa shape index (κ1) is 13.8. The van der Waals surface area contributed by atoms with Crippen molar-refractivity contribution in [1.29, 1.82) is 0 Å². The highest BCUT2D eigenvalue weighted by atomic mass is 19.1. The Bertz CT molecular complexity index is 547. The van der Waals surface area contributed by atoms with E-state index in [0.29, 0.717) is 11.6 Å².